The van der Waals surface area contributed by atoms with E-state index in [1.807, 2.05) is 0 Å². The fourth-order valence-electron chi connectivity index (χ4n) is 1.69. The zero-order valence-electron chi connectivity index (χ0n) is 14.5. The quantitative estimate of drug-likeness (QED) is 0.150. The van der Waals surface area contributed by atoms with Crippen LogP contribution in [0.2, 0.25) is 0 Å². The molecule has 0 aliphatic heterocycles. The maximum Gasteiger partial charge on any atom is 6.00 e. The van der Waals surface area contributed by atoms with Gasteiger partial charge in [-0.15, -0.1) is 66.5 Å². The first kappa shape index (κ1) is 37.2. The van der Waals surface area contributed by atoms with E-state index in [-0.39, 0.29) is 17.4 Å². The molecular weight excluding hydrogens is 521 g/mol. The fourth-order valence-corrected chi connectivity index (χ4v) is 1.69. The van der Waals surface area contributed by atoms with Crippen LogP contribution in [-0.4, -0.2) is 13.5 Å². The van der Waals surface area contributed by atoms with Gasteiger partial charge in [-0.3, -0.25) is 0 Å². The van der Waals surface area contributed by atoms with Crippen molar-refractivity contribution in [2.24, 2.45) is 0 Å². The monoisotopic (exact) mass is 536 g/mol. The Hall–Kier alpha value is 1.41. The number of benzene rings is 1. The average Bonchev–Trinajstić information content (AvgIpc) is 2.52. The van der Waals surface area contributed by atoms with Crippen molar-refractivity contribution in [2.75, 3.05) is 0 Å². The number of rotatable bonds is 0. The van der Waals surface area contributed by atoms with Gasteiger partial charge in [-0.1, -0.05) is 0 Å². The Kier molecular flexibility index (Phi) is 34.9. The molecule has 11 heteroatoms. The molecule has 0 amide bonds. The van der Waals surface area contributed by atoms with Crippen molar-refractivity contribution in [3.05, 3.63) is 46.7 Å². The summed E-state index contributed by atoms with van der Waals surface area (Å²) in [5.41, 5.74) is 8.73. The summed E-state index contributed by atoms with van der Waals surface area (Å²) in [7, 11) is 0. The SMILES string of the molecule is Cc1c(C)c(C)c(C)c(C)c1C.Cl[Si](Cl)Cl.Cl[Si](Cl)Cl.[C-]#[O+].[C-]#[O+].[Cr+6]. The third kappa shape index (κ3) is 21.6. The Labute approximate surface area is 193 Å². The van der Waals surface area contributed by atoms with Crippen LogP contribution in [0.1, 0.15) is 33.4 Å². The van der Waals surface area contributed by atoms with E-state index >= 15 is 0 Å². The summed E-state index contributed by atoms with van der Waals surface area (Å²) in [5, 5.41) is 0. The maximum absolute atomic E-state index is 7.50. The average molecular weight is 539 g/mol. The van der Waals surface area contributed by atoms with Crippen LogP contribution in [0.4, 0.5) is 0 Å². The molecule has 0 fully saturated rings. The molecule has 0 saturated heterocycles. The van der Waals surface area contributed by atoms with Crippen LogP contribution in [0.3, 0.4) is 0 Å². The number of halogens is 6. The summed E-state index contributed by atoms with van der Waals surface area (Å²) in [4.78, 5) is 0. The Morgan fingerprint density at radius 1 is 0.480 bits per heavy atom. The van der Waals surface area contributed by atoms with Gasteiger partial charge in [0.05, 0.1) is 0 Å². The fraction of sp³-hybridized carbons (Fsp3) is 0.429. The van der Waals surface area contributed by atoms with E-state index < -0.39 is 13.5 Å². The first-order chi connectivity index (χ1) is 10.9. The smallest absolute Gasteiger partial charge is 6.00 e. The molecule has 0 unspecified atom stereocenters. The predicted octanol–water partition coefficient (Wildman–Crippen LogP) is 6.84. The molecular formula is C14H18Cl6CrO2Si2+6. The van der Waals surface area contributed by atoms with E-state index in [4.69, 9.17) is 75.8 Å². The molecule has 0 saturated carbocycles. The normalized spacial score (nSPS) is 8.08. The van der Waals surface area contributed by atoms with Gasteiger partial charge >= 0.3 is 53.4 Å². The van der Waals surface area contributed by atoms with Gasteiger partial charge in [0.25, 0.3) is 0 Å². The second-order valence-corrected chi connectivity index (χ2v) is 15.3. The van der Waals surface area contributed by atoms with Gasteiger partial charge in [0.2, 0.25) is 0 Å². The molecule has 1 aromatic carbocycles. The molecule has 136 valence electrons. The van der Waals surface area contributed by atoms with Crippen molar-refractivity contribution in [3.8, 4) is 0 Å². The molecule has 0 atom stereocenters. The molecule has 0 aliphatic rings. The van der Waals surface area contributed by atoms with E-state index in [1.165, 1.54) is 33.4 Å². The Bertz CT molecular complexity index is 389. The molecule has 0 heterocycles. The van der Waals surface area contributed by atoms with Gasteiger partial charge in [0.15, 0.2) is 0 Å². The van der Waals surface area contributed by atoms with E-state index in [0.717, 1.165) is 0 Å². The Morgan fingerprint density at radius 3 is 0.560 bits per heavy atom. The van der Waals surface area contributed by atoms with Crippen LogP contribution in [0.15, 0.2) is 0 Å². The van der Waals surface area contributed by atoms with Crippen LogP contribution >= 0.6 is 66.5 Å². The van der Waals surface area contributed by atoms with Gasteiger partial charge in [-0.2, -0.15) is 0 Å². The summed E-state index contributed by atoms with van der Waals surface area (Å²) in [6, 6.07) is 0. The van der Waals surface area contributed by atoms with Crippen LogP contribution in [0.5, 0.6) is 0 Å². The molecule has 2 nitrogen and oxygen atoms in total. The summed E-state index contributed by atoms with van der Waals surface area (Å²) in [5.74, 6) is 0. The molecule has 1 aromatic rings. The number of hydrogen-bond acceptors (Lipinski definition) is 0. The molecule has 0 aromatic heterocycles. The van der Waals surface area contributed by atoms with Gasteiger partial charge in [-0.25, -0.2) is 0 Å². The minimum atomic E-state index is -1.46. The van der Waals surface area contributed by atoms with E-state index in [9.17, 15) is 0 Å². The zero-order chi connectivity index (χ0) is 20.6. The molecule has 25 heavy (non-hydrogen) atoms. The van der Waals surface area contributed by atoms with Crippen molar-refractivity contribution < 1.29 is 26.7 Å². The van der Waals surface area contributed by atoms with Gasteiger partial charge < -0.3 is 0 Å². The largest absolute Gasteiger partial charge is 6.00 e. The summed E-state index contributed by atoms with van der Waals surface area (Å²) >= 11 is 29.4. The summed E-state index contributed by atoms with van der Waals surface area (Å²) in [6.07, 6.45) is 0. The zero-order valence-corrected chi connectivity index (χ0v) is 22.3. The van der Waals surface area contributed by atoms with E-state index in [0.29, 0.717) is 0 Å². The van der Waals surface area contributed by atoms with Gasteiger partial charge in [0.1, 0.15) is 0 Å². The van der Waals surface area contributed by atoms with E-state index in [2.05, 4.69) is 54.8 Å². The second-order valence-electron chi connectivity index (χ2n) is 4.18. The van der Waals surface area contributed by atoms with E-state index in [1.54, 1.807) is 0 Å². The molecule has 2 radical (unpaired) electrons. The molecule has 1 rings (SSSR count). The van der Waals surface area contributed by atoms with Crippen LogP contribution < -0.4 is 0 Å². The summed E-state index contributed by atoms with van der Waals surface area (Å²) < 4.78 is 15.0. The van der Waals surface area contributed by atoms with Gasteiger partial charge in [0, 0.05) is 0 Å². The first-order valence-corrected chi connectivity index (χ1v) is 15.1. The third-order valence-corrected chi connectivity index (χ3v) is 3.38. The van der Waals surface area contributed by atoms with Crippen molar-refractivity contribution in [2.45, 2.75) is 41.5 Å². The standard InChI is InChI=1S/C12H18.2CO.2Cl3Si.Cr/c1-7-8(2)10(4)12(6)11(5)9(7)3;2*1-2;2*1-4(2)3;/h1-6H3;;;;;/q;;;;;+6. The van der Waals surface area contributed by atoms with Crippen molar-refractivity contribution >= 4 is 79.9 Å². The minimum Gasteiger partial charge on any atom is 6.00 e. The van der Waals surface area contributed by atoms with Crippen molar-refractivity contribution in [3.63, 3.8) is 0 Å². The molecule has 0 N–H and O–H groups in total. The number of hydrogen-bond donors (Lipinski definition) is 0. The molecule has 0 bridgehead atoms. The van der Waals surface area contributed by atoms with Crippen LogP contribution in [0, 0.1) is 54.8 Å². The maximum atomic E-state index is 7.50. The summed E-state index contributed by atoms with van der Waals surface area (Å²) in [6.45, 7) is 19.3. The van der Waals surface area contributed by atoms with Crippen molar-refractivity contribution in [1.82, 2.24) is 0 Å². The molecule has 0 spiro atoms. The Morgan fingerprint density at radius 2 is 0.520 bits per heavy atom. The van der Waals surface area contributed by atoms with Gasteiger partial charge in [-0.05, 0) is 74.9 Å². The van der Waals surface area contributed by atoms with Crippen molar-refractivity contribution in [1.29, 1.82) is 0 Å². The second kappa shape index (κ2) is 23.4. The first-order valence-electron chi connectivity index (χ1n) is 6.04. The third-order valence-electron chi connectivity index (χ3n) is 3.38. The Balaban J connectivity index is -0.0000000864. The predicted molar refractivity (Wildman–Crippen MR) is 109 cm³/mol. The topological polar surface area (TPSA) is 39.8 Å². The molecule has 0 aliphatic carbocycles. The van der Waals surface area contributed by atoms with Crippen LogP contribution in [0.25, 0.3) is 0 Å². The van der Waals surface area contributed by atoms with Crippen LogP contribution in [-0.2, 0) is 26.7 Å². The minimum absolute atomic E-state index is 0.